The van der Waals surface area contributed by atoms with E-state index in [1.807, 2.05) is 6.07 Å². The van der Waals surface area contributed by atoms with Crippen LogP contribution in [0.5, 0.6) is 0 Å². The van der Waals surface area contributed by atoms with Gasteiger partial charge in [0.15, 0.2) is 0 Å². The van der Waals surface area contributed by atoms with Crippen molar-refractivity contribution >= 4 is 11.4 Å². The Labute approximate surface area is 123 Å². The standard InChI is InChI=1S/C15H19N3O3/c16-11-12-10-13(6-7-15(12)18(19)20)17-8-9-21-14-4-2-1-3-5-14/h6-7,10,14,17H,1-5,8-9H2. The molecule has 21 heavy (non-hydrogen) atoms. The Morgan fingerprint density at radius 1 is 1.38 bits per heavy atom. The van der Waals surface area contributed by atoms with Crippen LogP contribution < -0.4 is 5.32 Å². The molecule has 1 aliphatic carbocycles. The number of hydrogen-bond donors (Lipinski definition) is 1. The molecule has 0 radical (unpaired) electrons. The van der Waals surface area contributed by atoms with E-state index in [0.29, 0.717) is 24.9 Å². The van der Waals surface area contributed by atoms with Crippen molar-refractivity contribution in [2.24, 2.45) is 0 Å². The van der Waals surface area contributed by atoms with Gasteiger partial charge in [0.05, 0.1) is 17.6 Å². The maximum Gasteiger partial charge on any atom is 0.287 e. The molecular weight excluding hydrogens is 270 g/mol. The largest absolute Gasteiger partial charge is 0.383 e. The van der Waals surface area contributed by atoms with E-state index in [4.69, 9.17) is 10.00 Å². The van der Waals surface area contributed by atoms with Gasteiger partial charge in [-0.1, -0.05) is 19.3 Å². The second kappa shape index (κ2) is 7.60. The second-order valence-corrected chi connectivity index (χ2v) is 5.16. The number of nitrogens with zero attached hydrogens (tertiary/aromatic N) is 2. The fourth-order valence-corrected chi connectivity index (χ4v) is 2.55. The first-order valence-corrected chi connectivity index (χ1v) is 7.24. The van der Waals surface area contributed by atoms with Gasteiger partial charge in [-0.05, 0) is 25.0 Å². The molecule has 0 heterocycles. The lowest BCUT2D eigenvalue weighted by Crippen LogP contribution is -2.20. The summed E-state index contributed by atoms with van der Waals surface area (Å²) in [5.41, 5.74) is 0.601. The van der Waals surface area contributed by atoms with Crippen molar-refractivity contribution in [2.45, 2.75) is 38.2 Å². The fourth-order valence-electron chi connectivity index (χ4n) is 2.55. The molecule has 0 saturated heterocycles. The highest BCUT2D eigenvalue weighted by Gasteiger charge is 2.14. The molecule has 0 aliphatic heterocycles. The summed E-state index contributed by atoms with van der Waals surface area (Å²) in [4.78, 5) is 10.2. The van der Waals surface area contributed by atoms with Crippen LogP contribution in [0.2, 0.25) is 0 Å². The SMILES string of the molecule is N#Cc1cc(NCCOC2CCCCC2)ccc1[N+](=O)[O-]. The molecule has 0 unspecified atom stereocenters. The van der Waals surface area contributed by atoms with Gasteiger partial charge < -0.3 is 10.1 Å². The van der Waals surface area contributed by atoms with Crippen LogP contribution in [0.3, 0.4) is 0 Å². The molecule has 1 saturated carbocycles. The number of nitriles is 1. The topological polar surface area (TPSA) is 88.2 Å². The Morgan fingerprint density at radius 2 is 2.14 bits per heavy atom. The van der Waals surface area contributed by atoms with E-state index in [9.17, 15) is 10.1 Å². The van der Waals surface area contributed by atoms with Crippen molar-refractivity contribution in [3.63, 3.8) is 0 Å². The first-order chi connectivity index (χ1) is 10.2. The van der Waals surface area contributed by atoms with Crippen molar-refractivity contribution in [3.8, 4) is 6.07 Å². The number of benzene rings is 1. The Kier molecular flexibility index (Phi) is 5.52. The van der Waals surface area contributed by atoms with Crippen LogP contribution in [0, 0.1) is 21.4 Å². The van der Waals surface area contributed by atoms with Gasteiger partial charge in [-0.15, -0.1) is 0 Å². The van der Waals surface area contributed by atoms with E-state index in [2.05, 4.69) is 5.32 Å². The van der Waals surface area contributed by atoms with Crippen LogP contribution >= 0.6 is 0 Å². The van der Waals surface area contributed by atoms with E-state index < -0.39 is 4.92 Å². The predicted octanol–water partition coefficient (Wildman–Crippen LogP) is 3.23. The number of ether oxygens (including phenoxy) is 1. The zero-order valence-corrected chi connectivity index (χ0v) is 11.9. The molecule has 1 fully saturated rings. The van der Waals surface area contributed by atoms with E-state index in [0.717, 1.165) is 12.8 Å². The Bertz CT molecular complexity index is 533. The summed E-state index contributed by atoms with van der Waals surface area (Å²) in [5, 5.41) is 22.8. The normalized spacial score (nSPS) is 15.4. The smallest absolute Gasteiger partial charge is 0.287 e. The third kappa shape index (κ3) is 4.43. The Morgan fingerprint density at radius 3 is 2.81 bits per heavy atom. The summed E-state index contributed by atoms with van der Waals surface area (Å²) in [6, 6.07) is 6.31. The lowest BCUT2D eigenvalue weighted by atomic mass is 9.98. The highest BCUT2D eigenvalue weighted by atomic mass is 16.6. The lowest BCUT2D eigenvalue weighted by molar-refractivity contribution is -0.385. The average Bonchev–Trinajstić information content (AvgIpc) is 2.52. The number of nitro benzene ring substituents is 1. The lowest BCUT2D eigenvalue weighted by Gasteiger charge is -2.22. The van der Waals surface area contributed by atoms with E-state index in [1.54, 1.807) is 6.07 Å². The summed E-state index contributed by atoms with van der Waals surface area (Å²) in [6.45, 7) is 1.22. The van der Waals surface area contributed by atoms with Crippen molar-refractivity contribution in [1.29, 1.82) is 5.26 Å². The fraction of sp³-hybridized carbons (Fsp3) is 0.533. The van der Waals surface area contributed by atoms with Gasteiger partial charge in [0.1, 0.15) is 11.6 Å². The first-order valence-electron chi connectivity index (χ1n) is 7.24. The van der Waals surface area contributed by atoms with Crippen LogP contribution in [0.1, 0.15) is 37.7 Å². The number of rotatable bonds is 6. The molecule has 6 heteroatoms. The zero-order chi connectivity index (χ0) is 15.1. The minimum absolute atomic E-state index is 0.0678. The highest BCUT2D eigenvalue weighted by Crippen LogP contribution is 2.22. The zero-order valence-electron chi connectivity index (χ0n) is 11.9. The molecule has 0 atom stereocenters. The van der Waals surface area contributed by atoms with Gasteiger partial charge in [-0.2, -0.15) is 5.26 Å². The van der Waals surface area contributed by atoms with Crippen LogP contribution in [0.25, 0.3) is 0 Å². The molecule has 0 amide bonds. The van der Waals surface area contributed by atoms with Gasteiger partial charge in [0, 0.05) is 18.3 Å². The van der Waals surface area contributed by atoms with Crippen LogP contribution in [0.15, 0.2) is 18.2 Å². The summed E-state index contributed by atoms with van der Waals surface area (Å²) >= 11 is 0. The molecule has 0 spiro atoms. The molecule has 6 nitrogen and oxygen atoms in total. The third-order valence-electron chi connectivity index (χ3n) is 3.65. The Balaban J connectivity index is 1.80. The molecule has 1 aromatic carbocycles. The van der Waals surface area contributed by atoms with E-state index >= 15 is 0 Å². The van der Waals surface area contributed by atoms with Crippen LogP contribution in [0.4, 0.5) is 11.4 Å². The second-order valence-electron chi connectivity index (χ2n) is 5.16. The number of nitrogens with one attached hydrogen (secondary N) is 1. The van der Waals surface area contributed by atoms with Crippen LogP contribution in [-0.4, -0.2) is 24.2 Å². The van der Waals surface area contributed by atoms with Crippen molar-refractivity contribution in [1.82, 2.24) is 0 Å². The van der Waals surface area contributed by atoms with Gasteiger partial charge in [-0.3, -0.25) is 10.1 Å². The summed E-state index contributed by atoms with van der Waals surface area (Å²) in [7, 11) is 0. The highest BCUT2D eigenvalue weighted by molar-refractivity contribution is 5.58. The van der Waals surface area contributed by atoms with Gasteiger partial charge in [-0.25, -0.2) is 0 Å². The van der Waals surface area contributed by atoms with Crippen LogP contribution in [-0.2, 0) is 4.74 Å². The number of nitro groups is 1. The third-order valence-corrected chi connectivity index (χ3v) is 3.65. The quantitative estimate of drug-likeness (QED) is 0.493. The molecular formula is C15H19N3O3. The summed E-state index contributed by atoms with van der Waals surface area (Å²) in [5.74, 6) is 0. The van der Waals surface area contributed by atoms with E-state index in [-0.39, 0.29) is 11.3 Å². The summed E-state index contributed by atoms with van der Waals surface area (Å²) in [6.07, 6.45) is 6.43. The summed E-state index contributed by atoms with van der Waals surface area (Å²) < 4.78 is 5.79. The molecule has 2 rings (SSSR count). The maximum absolute atomic E-state index is 10.7. The minimum atomic E-state index is -0.547. The Hall–Kier alpha value is -2.13. The van der Waals surface area contributed by atoms with Crippen molar-refractivity contribution in [2.75, 3.05) is 18.5 Å². The van der Waals surface area contributed by atoms with Crippen molar-refractivity contribution < 1.29 is 9.66 Å². The van der Waals surface area contributed by atoms with Crippen molar-refractivity contribution in [3.05, 3.63) is 33.9 Å². The molecule has 0 aromatic heterocycles. The molecule has 112 valence electrons. The van der Waals surface area contributed by atoms with Gasteiger partial charge in [0.2, 0.25) is 0 Å². The van der Waals surface area contributed by atoms with Gasteiger partial charge in [0.25, 0.3) is 5.69 Å². The number of anilines is 1. The predicted molar refractivity (Wildman–Crippen MR) is 79.1 cm³/mol. The molecule has 0 bridgehead atoms. The minimum Gasteiger partial charge on any atom is -0.383 e. The van der Waals surface area contributed by atoms with Gasteiger partial charge >= 0.3 is 0 Å². The maximum atomic E-state index is 10.7. The molecule has 1 N–H and O–H groups in total. The molecule has 1 aromatic rings. The number of hydrogen-bond acceptors (Lipinski definition) is 5. The average molecular weight is 289 g/mol. The molecule has 1 aliphatic rings. The first kappa shape index (κ1) is 15.3. The monoisotopic (exact) mass is 289 g/mol. The van der Waals surface area contributed by atoms with E-state index in [1.165, 1.54) is 31.4 Å².